The van der Waals surface area contributed by atoms with E-state index in [1.807, 2.05) is 6.92 Å². The van der Waals surface area contributed by atoms with E-state index in [9.17, 15) is 24.9 Å². The molecule has 0 aromatic rings. The van der Waals surface area contributed by atoms with Crippen LogP contribution in [0, 0.1) is 34.0 Å². The van der Waals surface area contributed by atoms with Gasteiger partial charge in [-0.3, -0.25) is 9.59 Å². The van der Waals surface area contributed by atoms with E-state index in [1.165, 1.54) is 6.92 Å². The quantitative estimate of drug-likeness (QED) is 0.462. The lowest BCUT2D eigenvalue weighted by Gasteiger charge is -2.74. The second-order valence-corrected chi connectivity index (χ2v) is 10.3. The van der Waals surface area contributed by atoms with Crippen molar-refractivity contribution in [3.8, 4) is 0 Å². The second-order valence-electron chi connectivity index (χ2n) is 10.3. The van der Waals surface area contributed by atoms with Crippen LogP contribution in [0.15, 0.2) is 12.2 Å². The number of ketones is 1. The molecule has 4 saturated carbocycles. The van der Waals surface area contributed by atoms with Crippen LogP contribution in [0.1, 0.15) is 46.0 Å². The largest absolute Gasteiger partial charge is 0.465 e. The van der Waals surface area contributed by atoms with Crippen LogP contribution in [0.2, 0.25) is 0 Å². The van der Waals surface area contributed by atoms with Gasteiger partial charge in [0, 0.05) is 29.6 Å². The van der Waals surface area contributed by atoms with Gasteiger partial charge in [-0.25, -0.2) is 0 Å². The summed E-state index contributed by atoms with van der Waals surface area (Å²) in [6, 6.07) is 0. The summed E-state index contributed by atoms with van der Waals surface area (Å²) in [6.45, 7) is 7.63. The van der Waals surface area contributed by atoms with Crippen LogP contribution in [-0.2, 0) is 19.1 Å². The number of carbonyl (C=O) groups excluding carboxylic acids is 2. The average molecular weight is 406 g/mol. The number of hydrogen-bond acceptors (Lipinski definition) is 7. The Hall–Kier alpha value is -1.28. The van der Waals surface area contributed by atoms with Crippen molar-refractivity contribution >= 4 is 11.8 Å². The Balaban J connectivity index is 1.68. The summed E-state index contributed by atoms with van der Waals surface area (Å²) in [7, 11) is 0. The lowest BCUT2D eigenvalue weighted by atomic mass is 9.36. The molecule has 4 aliphatic carbocycles. The monoisotopic (exact) mass is 406 g/mol. The summed E-state index contributed by atoms with van der Waals surface area (Å²) in [5.74, 6) is -4.02. The molecule has 7 nitrogen and oxygen atoms in total. The third kappa shape index (κ3) is 1.94. The molecule has 9 atom stereocenters. The second kappa shape index (κ2) is 5.69. The first kappa shape index (κ1) is 19.7. The van der Waals surface area contributed by atoms with Gasteiger partial charge in [-0.1, -0.05) is 19.9 Å². The van der Waals surface area contributed by atoms with Gasteiger partial charge in [0.2, 0.25) is 5.79 Å². The Morgan fingerprint density at radius 3 is 2.69 bits per heavy atom. The number of rotatable bonds is 2. The van der Waals surface area contributed by atoms with Crippen LogP contribution in [-0.4, -0.2) is 58.3 Å². The first-order chi connectivity index (χ1) is 13.6. The number of esters is 1. The fourth-order valence-electron chi connectivity index (χ4n) is 8.24. The minimum absolute atomic E-state index is 0.146. The van der Waals surface area contributed by atoms with Crippen LogP contribution in [0.3, 0.4) is 0 Å². The van der Waals surface area contributed by atoms with Gasteiger partial charge in [-0.05, 0) is 37.2 Å². The van der Waals surface area contributed by atoms with E-state index in [4.69, 9.17) is 9.47 Å². The molecule has 4 bridgehead atoms. The van der Waals surface area contributed by atoms with Crippen LogP contribution in [0.25, 0.3) is 0 Å². The molecule has 2 saturated heterocycles. The van der Waals surface area contributed by atoms with E-state index >= 15 is 0 Å². The van der Waals surface area contributed by atoms with Crippen molar-refractivity contribution in [3.05, 3.63) is 12.2 Å². The highest BCUT2D eigenvalue weighted by molar-refractivity contribution is 6.05. The van der Waals surface area contributed by atoms with Crippen molar-refractivity contribution in [2.24, 2.45) is 34.0 Å². The molecule has 2 spiro atoms. The molecule has 29 heavy (non-hydrogen) atoms. The van der Waals surface area contributed by atoms with Crippen molar-refractivity contribution in [1.29, 1.82) is 0 Å². The maximum absolute atomic E-state index is 13.5. The smallest absolute Gasteiger partial charge is 0.302 e. The van der Waals surface area contributed by atoms with Gasteiger partial charge in [-0.15, -0.1) is 0 Å². The molecule has 0 radical (unpaired) electrons. The molecule has 4 unspecified atom stereocenters. The predicted octanol–water partition coefficient (Wildman–Crippen LogP) is 0.948. The topological polar surface area (TPSA) is 113 Å². The fourth-order valence-corrected chi connectivity index (χ4v) is 8.24. The molecular formula is C22H30O7. The van der Waals surface area contributed by atoms with Gasteiger partial charge in [0.05, 0.1) is 19.3 Å². The molecular weight excluding hydrogens is 376 g/mol. The first-order valence-electron chi connectivity index (χ1n) is 10.7. The van der Waals surface area contributed by atoms with Gasteiger partial charge < -0.3 is 24.8 Å². The summed E-state index contributed by atoms with van der Waals surface area (Å²) in [4.78, 5) is 25.0. The number of ether oxygens (including phenoxy) is 2. The summed E-state index contributed by atoms with van der Waals surface area (Å²) < 4.78 is 11.3. The minimum Gasteiger partial charge on any atom is -0.465 e. The van der Waals surface area contributed by atoms with Crippen LogP contribution in [0.4, 0.5) is 0 Å². The van der Waals surface area contributed by atoms with E-state index in [1.54, 1.807) is 0 Å². The molecule has 6 aliphatic rings. The molecule has 2 aliphatic heterocycles. The van der Waals surface area contributed by atoms with Gasteiger partial charge in [0.15, 0.2) is 5.78 Å². The number of aliphatic hydroxyl groups excluding tert-OH is 2. The Bertz CT molecular complexity index is 809. The van der Waals surface area contributed by atoms with E-state index in [2.05, 4.69) is 6.58 Å². The number of hydrogen-bond donors (Lipinski definition) is 3. The number of carbonyl (C=O) groups is 2. The molecule has 6 fully saturated rings. The van der Waals surface area contributed by atoms with Gasteiger partial charge in [0.25, 0.3) is 0 Å². The zero-order valence-electron chi connectivity index (χ0n) is 17.0. The van der Waals surface area contributed by atoms with Crippen molar-refractivity contribution in [2.75, 3.05) is 13.2 Å². The third-order valence-electron chi connectivity index (χ3n) is 9.21. The fraction of sp³-hybridized carbons (Fsp3) is 0.818. The SMILES string of the molecule is C=C1C(=O)C23C(O)[C@@H]1CC[C@H]2C12CCCC(C)(COC(C)=O)[C@H]1[C@H](O)[C@]3(O)OC2. The Morgan fingerprint density at radius 1 is 1.28 bits per heavy atom. The van der Waals surface area contributed by atoms with E-state index in [0.29, 0.717) is 18.4 Å². The van der Waals surface area contributed by atoms with Crippen LogP contribution >= 0.6 is 0 Å². The van der Waals surface area contributed by atoms with E-state index in [-0.39, 0.29) is 30.9 Å². The van der Waals surface area contributed by atoms with Gasteiger partial charge in [0.1, 0.15) is 11.5 Å². The Morgan fingerprint density at radius 2 is 2.00 bits per heavy atom. The summed E-state index contributed by atoms with van der Waals surface area (Å²) >= 11 is 0. The molecule has 160 valence electrons. The molecule has 0 aromatic heterocycles. The van der Waals surface area contributed by atoms with Crippen LogP contribution < -0.4 is 0 Å². The normalized spacial score (nSPS) is 55.4. The maximum atomic E-state index is 13.5. The predicted molar refractivity (Wildman–Crippen MR) is 100 cm³/mol. The zero-order valence-corrected chi connectivity index (χ0v) is 17.0. The maximum Gasteiger partial charge on any atom is 0.302 e. The third-order valence-corrected chi connectivity index (χ3v) is 9.21. The van der Waals surface area contributed by atoms with Crippen LogP contribution in [0.5, 0.6) is 0 Å². The molecule has 7 heteroatoms. The number of fused-ring (bicyclic) bond motifs is 2. The van der Waals surface area contributed by atoms with Gasteiger partial charge in [-0.2, -0.15) is 0 Å². The minimum atomic E-state index is -2.17. The van der Waals surface area contributed by atoms with Crippen molar-refractivity contribution in [1.82, 2.24) is 0 Å². The summed E-state index contributed by atoms with van der Waals surface area (Å²) in [6.07, 6.45) is 1.15. The van der Waals surface area contributed by atoms with E-state index < -0.39 is 46.1 Å². The molecule has 2 heterocycles. The average Bonchev–Trinajstić information content (AvgIpc) is 2.77. The first-order valence-corrected chi connectivity index (χ1v) is 10.7. The highest BCUT2D eigenvalue weighted by atomic mass is 16.6. The standard InChI is InChI=1S/C22H30O7/c1-11-13-5-6-14-20-8-4-7-19(3,9-28-12(2)23)15(20)18(26)22(27,29-10-20)21(14,16(11)24)17(13)25/h13-15,17-18,25-27H,1,4-10H2,2-3H3/t13-,14+,15-,17?,18+,19?,20?,21?,22+/m1/s1. The summed E-state index contributed by atoms with van der Waals surface area (Å²) in [5, 5.41) is 34.5. The molecule has 0 amide bonds. The lowest BCUT2D eigenvalue weighted by Crippen LogP contribution is -2.84. The highest BCUT2D eigenvalue weighted by Gasteiger charge is 2.85. The molecule has 0 aromatic carbocycles. The number of Topliss-reactive ketones (excluding diaryl/α,β-unsaturated/α-hetero) is 1. The zero-order chi connectivity index (χ0) is 21.0. The Kier molecular flexibility index (Phi) is 3.86. The summed E-state index contributed by atoms with van der Waals surface area (Å²) in [5.41, 5.74) is -2.35. The van der Waals surface area contributed by atoms with Gasteiger partial charge >= 0.3 is 5.97 Å². The van der Waals surface area contributed by atoms with E-state index in [0.717, 1.165) is 19.3 Å². The highest BCUT2D eigenvalue weighted by Crippen LogP contribution is 2.76. The lowest BCUT2D eigenvalue weighted by molar-refractivity contribution is -0.450. The Labute approximate surface area is 170 Å². The number of aliphatic hydroxyl groups is 3. The van der Waals surface area contributed by atoms with Crippen molar-refractivity contribution < 1.29 is 34.4 Å². The molecule has 3 N–H and O–H groups in total. The van der Waals surface area contributed by atoms with Crippen molar-refractivity contribution in [2.45, 2.75) is 63.9 Å². The molecule has 6 rings (SSSR count). The van der Waals surface area contributed by atoms with Crippen molar-refractivity contribution in [3.63, 3.8) is 0 Å².